The van der Waals surface area contributed by atoms with Crippen molar-refractivity contribution in [2.24, 2.45) is 0 Å². The van der Waals surface area contributed by atoms with Crippen molar-refractivity contribution >= 4 is 23.1 Å². The van der Waals surface area contributed by atoms with Crippen molar-refractivity contribution in [2.75, 3.05) is 25.0 Å². The molecule has 0 bridgehead atoms. The van der Waals surface area contributed by atoms with E-state index in [0.717, 1.165) is 24.5 Å². The Labute approximate surface area is 184 Å². The van der Waals surface area contributed by atoms with Gasteiger partial charge < -0.3 is 9.26 Å². The number of nitrogens with zero attached hydrogens (tertiary/aromatic N) is 3. The number of anilines is 1. The Morgan fingerprint density at radius 1 is 1.13 bits per heavy atom. The van der Waals surface area contributed by atoms with Gasteiger partial charge >= 0.3 is 6.09 Å². The second-order valence-corrected chi connectivity index (χ2v) is 8.66. The molecule has 1 aromatic carbocycles. The van der Waals surface area contributed by atoms with Crippen LogP contribution in [0.1, 0.15) is 36.4 Å². The second-order valence-electron chi connectivity index (χ2n) is 7.49. The number of halogens is 1. The number of rotatable bonds is 7. The third-order valence-corrected chi connectivity index (χ3v) is 6.13. The fourth-order valence-electron chi connectivity index (χ4n) is 3.47. The fourth-order valence-corrected chi connectivity index (χ4v) is 4.44. The minimum absolute atomic E-state index is 0.108. The monoisotopic (exact) mass is 444 g/mol. The SMILES string of the molecule is O=C(Nc1ccc(F)cc1)OCCc1noc(-c2ccc(CN3CCCCCC3)s2)n1. The number of nitrogens with one attached hydrogen (secondary N) is 1. The molecule has 1 N–H and O–H groups in total. The Morgan fingerprint density at radius 3 is 2.68 bits per heavy atom. The van der Waals surface area contributed by atoms with Gasteiger partial charge in [0.25, 0.3) is 5.89 Å². The van der Waals surface area contributed by atoms with Crippen molar-refractivity contribution in [3.05, 3.63) is 52.9 Å². The zero-order chi connectivity index (χ0) is 21.5. The van der Waals surface area contributed by atoms with Gasteiger partial charge in [-0.1, -0.05) is 18.0 Å². The van der Waals surface area contributed by atoms with Crippen LogP contribution in [0.15, 0.2) is 40.9 Å². The third kappa shape index (κ3) is 6.35. The van der Waals surface area contributed by atoms with E-state index >= 15 is 0 Å². The zero-order valence-corrected chi connectivity index (χ0v) is 18.0. The smallest absolute Gasteiger partial charge is 0.411 e. The van der Waals surface area contributed by atoms with E-state index < -0.39 is 6.09 Å². The Hall–Kier alpha value is -2.78. The van der Waals surface area contributed by atoms with Crippen LogP contribution in [0.4, 0.5) is 14.9 Å². The molecule has 9 heteroatoms. The standard InChI is InChI=1S/C22H25FN4O3S/c23-16-5-7-17(8-6-16)24-22(28)29-14-11-20-25-21(30-26-20)19-10-9-18(31-19)15-27-12-3-1-2-4-13-27/h5-10H,1-4,11-15H2,(H,24,28). The molecule has 0 atom stereocenters. The molecule has 3 heterocycles. The molecule has 1 saturated heterocycles. The summed E-state index contributed by atoms with van der Waals surface area (Å²) in [6.07, 6.45) is 4.92. The number of carbonyl (C=O) groups excluding carboxylic acids is 1. The second kappa shape index (κ2) is 10.5. The largest absolute Gasteiger partial charge is 0.449 e. The summed E-state index contributed by atoms with van der Waals surface area (Å²) in [6, 6.07) is 9.59. The van der Waals surface area contributed by atoms with Crippen LogP contribution in [-0.2, 0) is 17.7 Å². The van der Waals surface area contributed by atoms with E-state index in [1.165, 1.54) is 54.8 Å². The first-order chi connectivity index (χ1) is 15.2. The Kier molecular flexibility index (Phi) is 7.26. The van der Waals surface area contributed by atoms with Gasteiger partial charge in [0.15, 0.2) is 5.82 Å². The number of thiophene rings is 1. The summed E-state index contributed by atoms with van der Waals surface area (Å²) in [5, 5.41) is 6.51. The van der Waals surface area contributed by atoms with E-state index in [2.05, 4.69) is 26.4 Å². The quantitative estimate of drug-likeness (QED) is 0.546. The summed E-state index contributed by atoms with van der Waals surface area (Å²) in [6.45, 7) is 3.39. The van der Waals surface area contributed by atoms with Crippen molar-refractivity contribution in [2.45, 2.75) is 38.6 Å². The van der Waals surface area contributed by atoms with Crippen molar-refractivity contribution < 1.29 is 18.4 Å². The molecule has 1 fully saturated rings. The van der Waals surface area contributed by atoms with Crippen LogP contribution in [0.2, 0.25) is 0 Å². The molecule has 4 rings (SSSR count). The van der Waals surface area contributed by atoms with Crippen LogP contribution >= 0.6 is 11.3 Å². The van der Waals surface area contributed by atoms with Crippen molar-refractivity contribution in [3.63, 3.8) is 0 Å². The molecule has 0 aliphatic carbocycles. The van der Waals surface area contributed by atoms with Gasteiger partial charge in [-0.3, -0.25) is 10.2 Å². The predicted molar refractivity (Wildman–Crippen MR) is 116 cm³/mol. The summed E-state index contributed by atoms with van der Waals surface area (Å²) in [4.78, 5) is 21.0. The minimum Gasteiger partial charge on any atom is -0.449 e. The number of hydrogen-bond donors (Lipinski definition) is 1. The molecule has 0 unspecified atom stereocenters. The highest BCUT2D eigenvalue weighted by atomic mass is 32.1. The van der Waals surface area contributed by atoms with E-state index in [-0.39, 0.29) is 12.4 Å². The molecule has 1 aliphatic rings. The molecular weight excluding hydrogens is 419 g/mol. The average Bonchev–Trinajstić information content (AvgIpc) is 3.34. The highest BCUT2D eigenvalue weighted by Gasteiger charge is 2.15. The average molecular weight is 445 g/mol. The normalized spacial score (nSPS) is 14.9. The van der Waals surface area contributed by atoms with Crippen LogP contribution in [0, 0.1) is 5.82 Å². The fraction of sp³-hybridized carbons (Fsp3) is 0.409. The summed E-state index contributed by atoms with van der Waals surface area (Å²) in [7, 11) is 0. The first-order valence-electron chi connectivity index (χ1n) is 10.5. The van der Waals surface area contributed by atoms with Gasteiger partial charge in [-0.05, 0) is 62.3 Å². The van der Waals surface area contributed by atoms with Crippen molar-refractivity contribution in [3.8, 4) is 10.8 Å². The summed E-state index contributed by atoms with van der Waals surface area (Å²) in [5.41, 5.74) is 0.460. The lowest BCUT2D eigenvalue weighted by molar-refractivity contribution is 0.162. The van der Waals surface area contributed by atoms with E-state index in [9.17, 15) is 9.18 Å². The lowest BCUT2D eigenvalue weighted by Crippen LogP contribution is -2.23. The molecule has 164 valence electrons. The molecule has 2 aromatic heterocycles. The number of aromatic nitrogens is 2. The number of carbonyl (C=O) groups is 1. The lowest BCUT2D eigenvalue weighted by atomic mass is 10.2. The molecule has 0 radical (unpaired) electrons. The van der Waals surface area contributed by atoms with Gasteiger partial charge in [-0.25, -0.2) is 9.18 Å². The van der Waals surface area contributed by atoms with Gasteiger partial charge in [0.2, 0.25) is 0 Å². The van der Waals surface area contributed by atoms with Gasteiger partial charge in [-0.15, -0.1) is 11.3 Å². The Morgan fingerprint density at radius 2 is 1.90 bits per heavy atom. The number of benzene rings is 1. The highest BCUT2D eigenvalue weighted by Crippen LogP contribution is 2.28. The molecular formula is C22H25FN4O3S. The summed E-state index contributed by atoms with van der Waals surface area (Å²) < 4.78 is 23.4. The van der Waals surface area contributed by atoms with E-state index in [1.807, 2.05) is 6.07 Å². The number of amides is 1. The first-order valence-corrected chi connectivity index (χ1v) is 11.3. The predicted octanol–water partition coefficient (Wildman–Crippen LogP) is 5.10. The molecule has 7 nitrogen and oxygen atoms in total. The number of hydrogen-bond acceptors (Lipinski definition) is 7. The number of ether oxygens (including phenoxy) is 1. The highest BCUT2D eigenvalue weighted by molar-refractivity contribution is 7.15. The molecule has 0 spiro atoms. The van der Waals surface area contributed by atoms with E-state index in [0.29, 0.717) is 23.8 Å². The van der Waals surface area contributed by atoms with Crippen LogP contribution in [0.3, 0.4) is 0 Å². The van der Waals surface area contributed by atoms with E-state index in [1.54, 1.807) is 11.3 Å². The van der Waals surface area contributed by atoms with E-state index in [4.69, 9.17) is 9.26 Å². The Balaban J connectivity index is 1.24. The lowest BCUT2D eigenvalue weighted by Gasteiger charge is -2.18. The minimum atomic E-state index is -0.619. The third-order valence-electron chi connectivity index (χ3n) is 5.07. The maximum Gasteiger partial charge on any atom is 0.411 e. The molecule has 31 heavy (non-hydrogen) atoms. The first kappa shape index (κ1) is 21.5. The maximum absolute atomic E-state index is 12.9. The van der Waals surface area contributed by atoms with Gasteiger partial charge in [0, 0.05) is 23.5 Å². The van der Waals surface area contributed by atoms with Crippen molar-refractivity contribution in [1.82, 2.24) is 15.0 Å². The van der Waals surface area contributed by atoms with Crippen LogP contribution < -0.4 is 5.32 Å². The topological polar surface area (TPSA) is 80.5 Å². The van der Waals surface area contributed by atoms with Gasteiger partial charge in [0.05, 0.1) is 4.88 Å². The van der Waals surface area contributed by atoms with Crippen LogP contribution in [0.5, 0.6) is 0 Å². The molecule has 1 aliphatic heterocycles. The summed E-state index contributed by atoms with van der Waals surface area (Å²) in [5.74, 6) is 0.594. The van der Waals surface area contributed by atoms with Crippen LogP contribution in [-0.4, -0.2) is 40.8 Å². The maximum atomic E-state index is 12.9. The van der Waals surface area contributed by atoms with Gasteiger partial charge in [-0.2, -0.15) is 4.98 Å². The van der Waals surface area contributed by atoms with Crippen molar-refractivity contribution in [1.29, 1.82) is 0 Å². The van der Waals surface area contributed by atoms with Crippen LogP contribution in [0.25, 0.3) is 10.8 Å². The van der Waals surface area contributed by atoms with Gasteiger partial charge in [0.1, 0.15) is 12.4 Å². The number of likely N-dealkylation sites (tertiary alicyclic amines) is 1. The molecule has 0 saturated carbocycles. The molecule has 3 aromatic rings. The zero-order valence-electron chi connectivity index (χ0n) is 17.2. The summed E-state index contributed by atoms with van der Waals surface area (Å²) >= 11 is 1.67. The Bertz CT molecular complexity index is 981. The molecule has 1 amide bonds.